The van der Waals surface area contributed by atoms with Gasteiger partial charge in [-0.2, -0.15) is 5.26 Å². The van der Waals surface area contributed by atoms with Crippen molar-refractivity contribution in [3.63, 3.8) is 0 Å². The number of nitriles is 1. The maximum Gasteiger partial charge on any atom is 0.291 e. The molecular formula is C16H9BrN2O2. The normalized spacial score (nSPS) is 10.3. The van der Waals surface area contributed by atoms with Crippen molar-refractivity contribution in [3.05, 3.63) is 64.3 Å². The van der Waals surface area contributed by atoms with Gasteiger partial charge in [-0.25, -0.2) is 0 Å². The summed E-state index contributed by atoms with van der Waals surface area (Å²) in [6, 6.07) is 16.0. The van der Waals surface area contributed by atoms with Crippen molar-refractivity contribution in [3.8, 4) is 6.07 Å². The molecule has 0 spiro atoms. The molecule has 1 aromatic heterocycles. The highest BCUT2D eigenvalue weighted by Crippen LogP contribution is 2.27. The van der Waals surface area contributed by atoms with Gasteiger partial charge in [-0.05, 0) is 46.3 Å². The van der Waals surface area contributed by atoms with Gasteiger partial charge in [0.1, 0.15) is 5.58 Å². The maximum absolute atomic E-state index is 12.2. The molecular weight excluding hydrogens is 332 g/mol. The average molecular weight is 341 g/mol. The Hall–Kier alpha value is -2.58. The smallest absolute Gasteiger partial charge is 0.291 e. The molecule has 1 N–H and O–H groups in total. The molecule has 0 radical (unpaired) electrons. The first-order valence-electron chi connectivity index (χ1n) is 6.17. The molecule has 5 heteroatoms. The first-order valence-corrected chi connectivity index (χ1v) is 6.96. The number of anilines is 1. The summed E-state index contributed by atoms with van der Waals surface area (Å²) in [5, 5.41) is 12.4. The van der Waals surface area contributed by atoms with Crippen molar-refractivity contribution in [1.29, 1.82) is 5.26 Å². The predicted molar refractivity (Wildman–Crippen MR) is 83.0 cm³/mol. The lowest BCUT2D eigenvalue weighted by Crippen LogP contribution is -2.10. The first kappa shape index (κ1) is 13.4. The van der Waals surface area contributed by atoms with Crippen molar-refractivity contribution in [1.82, 2.24) is 0 Å². The summed E-state index contributed by atoms with van der Waals surface area (Å²) in [6.45, 7) is 0. The second-order valence-corrected chi connectivity index (χ2v) is 5.27. The van der Waals surface area contributed by atoms with Gasteiger partial charge in [0.15, 0.2) is 5.76 Å². The second kappa shape index (κ2) is 5.43. The highest BCUT2D eigenvalue weighted by Gasteiger charge is 2.14. The standard InChI is InChI=1S/C16H9BrN2O2/c17-13-6-2-4-11-8-14(21-15(11)13)16(20)19-12-5-1-3-10(7-12)9-18/h1-8H,(H,19,20). The van der Waals surface area contributed by atoms with Gasteiger partial charge in [0.05, 0.1) is 16.1 Å². The number of carbonyl (C=O) groups excluding carboxylic acids is 1. The van der Waals surface area contributed by atoms with Crippen LogP contribution in [0.2, 0.25) is 0 Å². The highest BCUT2D eigenvalue weighted by molar-refractivity contribution is 9.10. The van der Waals surface area contributed by atoms with Crippen molar-refractivity contribution in [2.75, 3.05) is 5.32 Å². The van der Waals surface area contributed by atoms with Gasteiger partial charge in [0, 0.05) is 11.1 Å². The third-order valence-corrected chi connectivity index (χ3v) is 3.59. The van der Waals surface area contributed by atoms with Crippen LogP contribution in [0.4, 0.5) is 5.69 Å². The Morgan fingerprint density at radius 1 is 1.19 bits per heavy atom. The summed E-state index contributed by atoms with van der Waals surface area (Å²) in [4.78, 5) is 12.2. The van der Waals surface area contributed by atoms with E-state index < -0.39 is 0 Å². The Labute approximate surface area is 129 Å². The first-order chi connectivity index (χ1) is 10.2. The second-order valence-electron chi connectivity index (χ2n) is 4.42. The number of carbonyl (C=O) groups is 1. The molecule has 0 fully saturated rings. The summed E-state index contributed by atoms with van der Waals surface area (Å²) < 4.78 is 6.36. The van der Waals surface area contributed by atoms with Gasteiger partial charge in [-0.1, -0.05) is 18.2 Å². The number of nitrogens with zero attached hydrogens (tertiary/aromatic N) is 1. The van der Waals surface area contributed by atoms with E-state index >= 15 is 0 Å². The number of para-hydroxylation sites is 1. The van der Waals surface area contributed by atoms with Gasteiger partial charge in [-0.3, -0.25) is 4.79 Å². The largest absolute Gasteiger partial charge is 0.450 e. The third kappa shape index (κ3) is 2.67. The van der Waals surface area contributed by atoms with Gasteiger partial charge in [-0.15, -0.1) is 0 Å². The molecule has 21 heavy (non-hydrogen) atoms. The molecule has 3 rings (SSSR count). The van der Waals surface area contributed by atoms with Crippen LogP contribution in [0.15, 0.2) is 57.4 Å². The van der Waals surface area contributed by atoms with Crippen molar-refractivity contribution in [2.24, 2.45) is 0 Å². The molecule has 102 valence electrons. The Balaban J connectivity index is 1.90. The third-order valence-electron chi connectivity index (χ3n) is 2.97. The summed E-state index contributed by atoms with van der Waals surface area (Å²) in [5.74, 6) is -0.132. The fourth-order valence-corrected chi connectivity index (χ4v) is 2.46. The fraction of sp³-hybridized carbons (Fsp3) is 0. The Bertz CT molecular complexity index is 877. The van der Waals surface area contributed by atoms with Crippen LogP contribution in [0, 0.1) is 11.3 Å². The van der Waals surface area contributed by atoms with Crippen LogP contribution in [0.5, 0.6) is 0 Å². The highest BCUT2D eigenvalue weighted by atomic mass is 79.9. The monoisotopic (exact) mass is 340 g/mol. The molecule has 3 aromatic rings. The van der Waals surface area contributed by atoms with Crippen LogP contribution in [0.3, 0.4) is 0 Å². The Kier molecular flexibility index (Phi) is 3.46. The minimum Gasteiger partial charge on any atom is -0.450 e. The van der Waals surface area contributed by atoms with Gasteiger partial charge in [0.2, 0.25) is 0 Å². The van der Waals surface area contributed by atoms with Gasteiger partial charge >= 0.3 is 0 Å². The molecule has 0 bridgehead atoms. The van der Waals surface area contributed by atoms with E-state index in [2.05, 4.69) is 21.2 Å². The molecule has 0 aliphatic heterocycles. The number of hydrogen-bond acceptors (Lipinski definition) is 3. The van der Waals surface area contributed by atoms with E-state index in [9.17, 15) is 4.79 Å². The molecule has 4 nitrogen and oxygen atoms in total. The van der Waals surface area contributed by atoms with Crippen LogP contribution in [0.1, 0.15) is 16.1 Å². The minimum atomic E-state index is -0.354. The number of halogens is 1. The number of rotatable bonds is 2. The van der Waals surface area contributed by atoms with Crippen LogP contribution in [0.25, 0.3) is 11.0 Å². The van der Waals surface area contributed by atoms with Crippen LogP contribution in [-0.4, -0.2) is 5.91 Å². The topological polar surface area (TPSA) is 66.0 Å². The van der Waals surface area contributed by atoms with Crippen LogP contribution in [-0.2, 0) is 0 Å². The van der Waals surface area contributed by atoms with E-state index in [1.807, 2.05) is 24.3 Å². The zero-order valence-electron chi connectivity index (χ0n) is 10.8. The Morgan fingerprint density at radius 2 is 2.00 bits per heavy atom. The molecule has 0 aliphatic rings. The number of nitrogens with one attached hydrogen (secondary N) is 1. The SMILES string of the molecule is N#Cc1cccc(NC(=O)c2cc3cccc(Br)c3o2)c1. The van der Waals surface area contributed by atoms with Crippen molar-refractivity contribution < 1.29 is 9.21 Å². The molecule has 2 aromatic carbocycles. The van der Waals surface area contributed by atoms with Gasteiger partial charge in [0.25, 0.3) is 5.91 Å². The predicted octanol–water partition coefficient (Wildman–Crippen LogP) is 4.32. The maximum atomic E-state index is 12.2. The molecule has 1 heterocycles. The lowest BCUT2D eigenvalue weighted by Gasteiger charge is -2.02. The minimum absolute atomic E-state index is 0.222. The van der Waals surface area contributed by atoms with Gasteiger partial charge < -0.3 is 9.73 Å². The summed E-state index contributed by atoms with van der Waals surface area (Å²) in [6.07, 6.45) is 0. The van der Waals surface area contributed by atoms with Crippen LogP contribution >= 0.6 is 15.9 Å². The quantitative estimate of drug-likeness (QED) is 0.755. The summed E-state index contributed by atoms with van der Waals surface area (Å²) >= 11 is 3.38. The fourth-order valence-electron chi connectivity index (χ4n) is 2.00. The van der Waals surface area contributed by atoms with E-state index in [0.717, 1.165) is 9.86 Å². The van der Waals surface area contributed by atoms with E-state index in [4.69, 9.17) is 9.68 Å². The number of benzene rings is 2. The van der Waals surface area contributed by atoms with E-state index in [0.29, 0.717) is 16.8 Å². The molecule has 0 aliphatic carbocycles. The average Bonchev–Trinajstić information content (AvgIpc) is 2.93. The van der Waals surface area contributed by atoms with E-state index in [1.54, 1.807) is 30.3 Å². The zero-order chi connectivity index (χ0) is 14.8. The Morgan fingerprint density at radius 3 is 2.76 bits per heavy atom. The number of furan rings is 1. The number of hydrogen-bond donors (Lipinski definition) is 1. The molecule has 1 amide bonds. The van der Waals surface area contributed by atoms with Crippen LogP contribution < -0.4 is 5.32 Å². The molecule has 0 saturated heterocycles. The molecule has 0 saturated carbocycles. The lowest BCUT2D eigenvalue weighted by molar-refractivity contribution is 0.0998. The van der Waals surface area contributed by atoms with Crippen molar-refractivity contribution >= 4 is 38.5 Å². The summed E-state index contributed by atoms with van der Waals surface area (Å²) in [5.41, 5.74) is 1.67. The molecule has 0 atom stereocenters. The number of amides is 1. The zero-order valence-corrected chi connectivity index (χ0v) is 12.3. The van der Waals surface area contributed by atoms with E-state index in [-0.39, 0.29) is 11.7 Å². The van der Waals surface area contributed by atoms with E-state index in [1.165, 1.54) is 0 Å². The number of fused-ring (bicyclic) bond motifs is 1. The van der Waals surface area contributed by atoms with Crippen molar-refractivity contribution in [2.45, 2.75) is 0 Å². The molecule has 0 unspecified atom stereocenters. The lowest BCUT2D eigenvalue weighted by atomic mass is 10.2. The summed E-state index contributed by atoms with van der Waals surface area (Å²) in [7, 11) is 0.